The molecule has 172 valence electrons. The van der Waals surface area contributed by atoms with Gasteiger partial charge in [-0.3, -0.25) is 9.59 Å². The van der Waals surface area contributed by atoms with Crippen molar-refractivity contribution in [2.45, 2.75) is 25.9 Å². The molecule has 2 aromatic carbocycles. The molecule has 0 spiro atoms. The molecule has 1 aliphatic heterocycles. The Kier molecular flexibility index (Phi) is 9.34. The van der Waals surface area contributed by atoms with Crippen LogP contribution in [0.4, 0.5) is 11.4 Å². The Morgan fingerprint density at radius 3 is 2.69 bits per heavy atom. The van der Waals surface area contributed by atoms with Gasteiger partial charge in [-0.1, -0.05) is 6.07 Å². The quantitative estimate of drug-likeness (QED) is 0.438. The molecule has 3 rings (SSSR count). The fraction of sp³-hybridized carbons (Fsp3) is 0.417. The molecule has 1 atom stereocenters. The van der Waals surface area contributed by atoms with E-state index in [0.717, 1.165) is 25.1 Å². The number of rotatable bonds is 12. The van der Waals surface area contributed by atoms with Crippen LogP contribution in [0.3, 0.4) is 0 Å². The van der Waals surface area contributed by atoms with Crippen LogP contribution in [0, 0.1) is 0 Å². The number of anilines is 2. The molecule has 2 aromatic rings. The maximum Gasteiger partial charge on any atom is 0.251 e. The highest BCUT2D eigenvalue weighted by molar-refractivity contribution is 5.95. The minimum Gasteiger partial charge on any atom is -0.491 e. The smallest absolute Gasteiger partial charge is 0.251 e. The number of nitrogens with one attached hydrogen (secondary N) is 3. The molecular formula is C24H31N3O5. The summed E-state index contributed by atoms with van der Waals surface area (Å²) in [6.07, 6.45) is 2.14. The van der Waals surface area contributed by atoms with Crippen LogP contribution < -0.4 is 20.7 Å². The minimum absolute atomic E-state index is 0.0972. The summed E-state index contributed by atoms with van der Waals surface area (Å²) in [6.45, 7) is 4.95. The van der Waals surface area contributed by atoms with Crippen molar-refractivity contribution < 1.29 is 23.8 Å². The average molecular weight is 442 g/mol. The van der Waals surface area contributed by atoms with Gasteiger partial charge in [0.25, 0.3) is 5.91 Å². The Balaban J connectivity index is 1.40. The van der Waals surface area contributed by atoms with Gasteiger partial charge in [0, 0.05) is 42.8 Å². The van der Waals surface area contributed by atoms with Crippen LogP contribution in [0.15, 0.2) is 48.5 Å². The largest absolute Gasteiger partial charge is 0.491 e. The van der Waals surface area contributed by atoms with Gasteiger partial charge in [0.05, 0.1) is 19.3 Å². The van der Waals surface area contributed by atoms with E-state index in [2.05, 4.69) is 16.0 Å². The first-order chi connectivity index (χ1) is 15.6. The molecule has 0 saturated carbocycles. The molecule has 3 N–H and O–H groups in total. The topological polar surface area (TPSA) is 97.9 Å². The normalized spacial score (nSPS) is 15.2. The molecule has 1 saturated heterocycles. The zero-order chi connectivity index (χ0) is 22.6. The summed E-state index contributed by atoms with van der Waals surface area (Å²) in [4.78, 5) is 24.5. The maximum atomic E-state index is 12.3. The van der Waals surface area contributed by atoms with Crippen LogP contribution in [0.5, 0.6) is 5.75 Å². The lowest BCUT2D eigenvalue weighted by molar-refractivity contribution is -0.114. The predicted octanol–water partition coefficient (Wildman–Crippen LogP) is 3.06. The second kappa shape index (κ2) is 12.7. The van der Waals surface area contributed by atoms with E-state index in [4.69, 9.17) is 14.2 Å². The third-order valence-electron chi connectivity index (χ3n) is 4.93. The third kappa shape index (κ3) is 7.86. The van der Waals surface area contributed by atoms with Crippen LogP contribution in [0.1, 0.15) is 30.1 Å². The number of hydrogen-bond donors (Lipinski definition) is 3. The zero-order valence-corrected chi connectivity index (χ0v) is 18.4. The Labute approximate surface area is 188 Å². The van der Waals surface area contributed by atoms with E-state index >= 15 is 0 Å². The highest BCUT2D eigenvalue weighted by atomic mass is 16.5. The van der Waals surface area contributed by atoms with Gasteiger partial charge in [-0.05, 0) is 56.2 Å². The first-order valence-electron chi connectivity index (χ1n) is 11.0. The predicted molar refractivity (Wildman–Crippen MR) is 123 cm³/mol. The molecule has 32 heavy (non-hydrogen) atoms. The van der Waals surface area contributed by atoms with Gasteiger partial charge in [0.2, 0.25) is 5.91 Å². The molecule has 1 aliphatic rings. The molecule has 0 radical (unpaired) electrons. The summed E-state index contributed by atoms with van der Waals surface area (Å²) in [6, 6.07) is 14.2. The first kappa shape index (κ1) is 23.6. The summed E-state index contributed by atoms with van der Waals surface area (Å²) in [5.74, 6) is 0.354. The lowest BCUT2D eigenvalue weighted by Crippen LogP contribution is -2.31. The van der Waals surface area contributed by atoms with E-state index in [1.165, 1.54) is 0 Å². The Morgan fingerprint density at radius 2 is 1.94 bits per heavy atom. The second-order valence-electron chi connectivity index (χ2n) is 7.40. The number of carbonyl (C=O) groups is 2. The van der Waals surface area contributed by atoms with E-state index in [1.54, 1.807) is 36.4 Å². The Hall–Kier alpha value is -3.10. The summed E-state index contributed by atoms with van der Waals surface area (Å²) in [5, 5.41) is 8.79. The van der Waals surface area contributed by atoms with Gasteiger partial charge in [-0.2, -0.15) is 0 Å². The summed E-state index contributed by atoms with van der Waals surface area (Å²) in [5.41, 5.74) is 1.98. The molecule has 1 fully saturated rings. The van der Waals surface area contributed by atoms with Crippen LogP contribution in [0.2, 0.25) is 0 Å². The monoisotopic (exact) mass is 441 g/mol. The van der Waals surface area contributed by atoms with E-state index in [1.807, 2.05) is 19.1 Å². The SMILES string of the molecule is CCOCCOc1cccc(NC(=O)CNc2ccc(C(=O)NCC3CCCO3)cc2)c1. The van der Waals surface area contributed by atoms with Crippen molar-refractivity contribution in [1.82, 2.24) is 5.32 Å². The molecule has 1 unspecified atom stereocenters. The van der Waals surface area contributed by atoms with Crippen molar-refractivity contribution >= 4 is 23.2 Å². The van der Waals surface area contributed by atoms with Crippen LogP contribution in [-0.4, -0.2) is 57.4 Å². The molecule has 0 bridgehead atoms. The van der Waals surface area contributed by atoms with Gasteiger partial charge < -0.3 is 30.2 Å². The van der Waals surface area contributed by atoms with Gasteiger partial charge in [-0.15, -0.1) is 0 Å². The molecule has 8 nitrogen and oxygen atoms in total. The van der Waals surface area contributed by atoms with Crippen molar-refractivity contribution in [3.63, 3.8) is 0 Å². The van der Waals surface area contributed by atoms with Crippen molar-refractivity contribution in [3.8, 4) is 5.75 Å². The Bertz CT molecular complexity index is 866. The van der Waals surface area contributed by atoms with E-state index in [9.17, 15) is 9.59 Å². The number of hydrogen-bond acceptors (Lipinski definition) is 6. The number of ether oxygens (including phenoxy) is 3. The standard InChI is InChI=1S/C24H31N3O5/c1-2-30-13-14-32-21-6-3-5-20(15-21)27-23(28)17-25-19-10-8-18(9-11-19)24(29)26-16-22-7-4-12-31-22/h3,5-6,8-11,15,22,25H,2,4,7,12-14,16-17H2,1H3,(H,26,29)(H,27,28). The molecule has 8 heteroatoms. The van der Waals surface area contributed by atoms with Crippen LogP contribution in [-0.2, 0) is 14.3 Å². The molecular weight excluding hydrogens is 410 g/mol. The van der Waals surface area contributed by atoms with E-state index < -0.39 is 0 Å². The lowest BCUT2D eigenvalue weighted by Gasteiger charge is -2.12. The lowest BCUT2D eigenvalue weighted by atomic mass is 10.2. The average Bonchev–Trinajstić information content (AvgIpc) is 3.33. The minimum atomic E-state index is -0.185. The Morgan fingerprint density at radius 1 is 1.09 bits per heavy atom. The van der Waals surface area contributed by atoms with Crippen molar-refractivity contribution in [3.05, 3.63) is 54.1 Å². The maximum absolute atomic E-state index is 12.3. The van der Waals surface area contributed by atoms with E-state index in [0.29, 0.717) is 43.4 Å². The van der Waals surface area contributed by atoms with Crippen molar-refractivity contribution in [2.24, 2.45) is 0 Å². The number of carbonyl (C=O) groups excluding carboxylic acids is 2. The second-order valence-corrected chi connectivity index (χ2v) is 7.40. The fourth-order valence-corrected chi connectivity index (χ4v) is 3.27. The third-order valence-corrected chi connectivity index (χ3v) is 4.93. The summed E-state index contributed by atoms with van der Waals surface area (Å²) >= 11 is 0. The number of amides is 2. The number of benzene rings is 2. The first-order valence-corrected chi connectivity index (χ1v) is 11.0. The molecule has 2 amide bonds. The molecule has 0 aliphatic carbocycles. The zero-order valence-electron chi connectivity index (χ0n) is 18.4. The van der Waals surface area contributed by atoms with Crippen molar-refractivity contribution in [1.29, 1.82) is 0 Å². The highest BCUT2D eigenvalue weighted by Crippen LogP contribution is 2.17. The summed E-state index contributed by atoms with van der Waals surface area (Å²) < 4.78 is 16.4. The van der Waals surface area contributed by atoms with E-state index in [-0.39, 0.29) is 24.5 Å². The summed E-state index contributed by atoms with van der Waals surface area (Å²) in [7, 11) is 0. The van der Waals surface area contributed by atoms with Crippen LogP contribution >= 0.6 is 0 Å². The van der Waals surface area contributed by atoms with Gasteiger partial charge in [0.15, 0.2) is 0 Å². The van der Waals surface area contributed by atoms with Gasteiger partial charge in [-0.25, -0.2) is 0 Å². The van der Waals surface area contributed by atoms with Gasteiger partial charge >= 0.3 is 0 Å². The van der Waals surface area contributed by atoms with Crippen LogP contribution in [0.25, 0.3) is 0 Å². The molecule has 0 aromatic heterocycles. The highest BCUT2D eigenvalue weighted by Gasteiger charge is 2.16. The fourth-order valence-electron chi connectivity index (χ4n) is 3.27. The van der Waals surface area contributed by atoms with Gasteiger partial charge in [0.1, 0.15) is 12.4 Å². The van der Waals surface area contributed by atoms with Crippen molar-refractivity contribution in [2.75, 3.05) is 50.2 Å². The molecule has 1 heterocycles.